The first kappa shape index (κ1) is 23.1. The molecule has 0 bridgehead atoms. The fourth-order valence-corrected chi connectivity index (χ4v) is 4.70. The molecule has 1 aliphatic carbocycles. The van der Waals surface area contributed by atoms with E-state index in [2.05, 4.69) is 45.9 Å². The molecule has 3 aromatic carbocycles. The number of ether oxygens (including phenoxy) is 1. The average Bonchev–Trinajstić information content (AvgIpc) is 2.88. The number of nitrogens with zero attached hydrogens (tertiary/aromatic N) is 3. The first-order chi connectivity index (χ1) is 17.1. The first-order valence-electron chi connectivity index (χ1n) is 12.4. The van der Waals surface area contributed by atoms with E-state index in [0.29, 0.717) is 12.1 Å². The summed E-state index contributed by atoms with van der Waals surface area (Å²) in [6, 6.07) is 27.3. The summed E-state index contributed by atoms with van der Waals surface area (Å²) in [5.74, 6) is 3.40. The Morgan fingerprint density at radius 3 is 2.31 bits per heavy atom. The summed E-state index contributed by atoms with van der Waals surface area (Å²) in [6.07, 6.45) is 4.46. The maximum Gasteiger partial charge on any atom is 0.225 e. The monoisotopic (exact) mass is 467 g/mol. The van der Waals surface area contributed by atoms with E-state index in [-0.39, 0.29) is 0 Å². The Labute approximate surface area is 207 Å². The van der Waals surface area contributed by atoms with Crippen molar-refractivity contribution in [3.63, 3.8) is 0 Å². The minimum Gasteiger partial charge on any atom is -0.457 e. The molecule has 1 saturated carbocycles. The van der Waals surface area contributed by atoms with Gasteiger partial charge in [-0.2, -0.15) is 4.98 Å². The highest BCUT2D eigenvalue weighted by molar-refractivity contribution is 5.90. The number of nitrogens with one attached hydrogen (secondary N) is 2. The average molecular weight is 468 g/mol. The Balaban J connectivity index is 1.14. The van der Waals surface area contributed by atoms with Gasteiger partial charge >= 0.3 is 0 Å². The molecule has 0 unspecified atom stereocenters. The highest BCUT2D eigenvalue weighted by atomic mass is 16.5. The van der Waals surface area contributed by atoms with Gasteiger partial charge in [0.1, 0.15) is 17.3 Å². The van der Waals surface area contributed by atoms with Crippen LogP contribution < -0.4 is 20.3 Å². The van der Waals surface area contributed by atoms with Gasteiger partial charge in [-0.15, -0.1) is 0 Å². The van der Waals surface area contributed by atoms with Gasteiger partial charge in [0.2, 0.25) is 5.95 Å². The second kappa shape index (κ2) is 10.7. The predicted octanol–water partition coefficient (Wildman–Crippen LogP) is 6.00. The van der Waals surface area contributed by atoms with Crippen LogP contribution in [0, 0.1) is 0 Å². The molecule has 0 spiro atoms. The molecule has 0 amide bonds. The summed E-state index contributed by atoms with van der Waals surface area (Å²) in [4.78, 5) is 11.6. The van der Waals surface area contributed by atoms with Gasteiger partial charge in [-0.25, -0.2) is 4.98 Å². The smallest absolute Gasteiger partial charge is 0.225 e. The van der Waals surface area contributed by atoms with Crippen LogP contribution in [0.5, 0.6) is 11.5 Å². The van der Waals surface area contributed by atoms with Crippen molar-refractivity contribution in [3.8, 4) is 11.5 Å². The molecule has 4 aromatic rings. The molecule has 0 saturated heterocycles. The van der Waals surface area contributed by atoms with Crippen molar-refractivity contribution in [2.75, 3.05) is 24.3 Å². The molecule has 1 aromatic heterocycles. The van der Waals surface area contributed by atoms with E-state index >= 15 is 0 Å². The van der Waals surface area contributed by atoms with Gasteiger partial charge in [0, 0.05) is 38.1 Å². The number of hydrogen-bond donors (Lipinski definition) is 2. The quantitative estimate of drug-likeness (QED) is 0.331. The summed E-state index contributed by atoms with van der Waals surface area (Å²) in [6.45, 7) is 0.842. The van der Waals surface area contributed by atoms with Gasteiger partial charge in [-0.05, 0) is 67.6 Å². The van der Waals surface area contributed by atoms with Crippen LogP contribution in [0.2, 0.25) is 0 Å². The third kappa shape index (κ3) is 5.89. The highest BCUT2D eigenvalue weighted by Gasteiger charge is 2.22. The number of aromatic nitrogens is 2. The van der Waals surface area contributed by atoms with Gasteiger partial charge in [0.15, 0.2) is 0 Å². The second-order valence-electron chi connectivity index (χ2n) is 9.42. The molecule has 2 N–H and O–H groups in total. The summed E-state index contributed by atoms with van der Waals surface area (Å²) in [7, 11) is 4.05. The molecule has 6 heteroatoms. The predicted molar refractivity (Wildman–Crippen MR) is 143 cm³/mol. The van der Waals surface area contributed by atoms with Crippen LogP contribution in [0.4, 0.5) is 11.8 Å². The van der Waals surface area contributed by atoms with E-state index < -0.39 is 0 Å². The number of rotatable bonds is 8. The van der Waals surface area contributed by atoms with Crippen LogP contribution in [-0.2, 0) is 6.54 Å². The standard InChI is InChI=1S/C29H33N5O/c1-34(2)28-26-13-6-7-14-27(26)32-29(33-28)31-23-17-15-22(16-18-23)30-20-21-9-8-12-25(19-21)35-24-10-4-3-5-11-24/h3-14,19,22-23,30H,15-18,20H2,1-2H3,(H,31,32,33). The Kier molecular flexibility index (Phi) is 7.09. The van der Waals surface area contributed by atoms with E-state index in [1.54, 1.807) is 0 Å². The van der Waals surface area contributed by atoms with E-state index in [1.165, 1.54) is 5.56 Å². The Morgan fingerprint density at radius 1 is 0.800 bits per heavy atom. The van der Waals surface area contributed by atoms with Gasteiger partial charge in [-0.1, -0.05) is 42.5 Å². The van der Waals surface area contributed by atoms with E-state index in [0.717, 1.165) is 66.4 Å². The normalized spacial score (nSPS) is 17.8. The summed E-state index contributed by atoms with van der Waals surface area (Å²) < 4.78 is 5.98. The molecule has 35 heavy (non-hydrogen) atoms. The van der Waals surface area contributed by atoms with Crippen LogP contribution in [0.25, 0.3) is 10.9 Å². The molecule has 1 heterocycles. The first-order valence-corrected chi connectivity index (χ1v) is 12.4. The lowest BCUT2D eigenvalue weighted by Crippen LogP contribution is -2.37. The van der Waals surface area contributed by atoms with E-state index in [9.17, 15) is 0 Å². The minimum absolute atomic E-state index is 0.395. The Bertz CT molecular complexity index is 1250. The van der Waals surface area contributed by atoms with Crippen LogP contribution >= 0.6 is 0 Å². The van der Waals surface area contributed by atoms with E-state index in [4.69, 9.17) is 14.7 Å². The number of benzene rings is 3. The largest absolute Gasteiger partial charge is 0.457 e. The second-order valence-corrected chi connectivity index (χ2v) is 9.42. The summed E-state index contributed by atoms with van der Waals surface area (Å²) in [5.41, 5.74) is 2.21. The third-order valence-electron chi connectivity index (χ3n) is 6.54. The van der Waals surface area contributed by atoms with E-state index in [1.807, 2.05) is 62.6 Å². The zero-order valence-electron chi connectivity index (χ0n) is 20.4. The SMILES string of the molecule is CN(C)c1nc(NC2CCC(NCc3cccc(Oc4ccccc4)c3)CC2)nc2ccccc12. The van der Waals surface area contributed by atoms with Crippen LogP contribution in [0.3, 0.4) is 0 Å². The number of para-hydroxylation sites is 2. The number of fused-ring (bicyclic) bond motifs is 1. The Hall–Kier alpha value is -3.64. The van der Waals surface area contributed by atoms with Gasteiger partial charge in [0.05, 0.1) is 5.52 Å². The van der Waals surface area contributed by atoms with Gasteiger partial charge in [0.25, 0.3) is 0 Å². The zero-order chi connectivity index (χ0) is 24.0. The lowest BCUT2D eigenvalue weighted by atomic mass is 9.91. The van der Waals surface area contributed by atoms with Crippen LogP contribution in [0.1, 0.15) is 31.2 Å². The van der Waals surface area contributed by atoms with Crippen molar-refractivity contribution in [3.05, 3.63) is 84.4 Å². The van der Waals surface area contributed by atoms with Crippen molar-refractivity contribution in [1.82, 2.24) is 15.3 Å². The molecule has 0 atom stereocenters. The fourth-order valence-electron chi connectivity index (χ4n) is 4.70. The molecule has 1 aliphatic rings. The molecule has 1 fully saturated rings. The molecule has 6 nitrogen and oxygen atoms in total. The molecule has 0 aliphatic heterocycles. The maximum absolute atomic E-state index is 5.98. The van der Waals surface area contributed by atoms with Crippen LogP contribution in [0.15, 0.2) is 78.9 Å². The lowest BCUT2D eigenvalue weighted by Gasteiger charge is -2.30. The molecule has 5 rings (SSSR count). The lowest BCUT2D eigenvalue weighted by molar-refractivity contribution is 0.352. The van der Waals surface area contributed by atoms with Gasteiger partial charge < -0.3 is 20.3 Å². The molecule has 180 valence electrons. The van der Waals surface area contributed by atoms with Crippen molar-refractivity contribution < 1.29 is 4.74 Å². The number of hydrogen-bond acceptors (Lipinski definition) is 6. The number of anilines is 2. The topological polar surface area (TPSA) is 62.3 Å². The van der Waals surface area contributed by atoms with Crippen molar-refractivity contribution in [2.45, 2.75) is 44.3 Å². The van der Waals surface area contributed by atoms with Crippen molar-refractivity contribution in [2.24, 2.45) is 0 Å². The van der Waals surface area contributed by atoms with Crippen molar-refractivity contribution >= 4 is 22.7 Å². The maximum atomic E-state index is 5.98. The zero-order valence-corrected chi connectivity index (χ0v) is 20.4. The third-order valence-corrected chi connectivity index (χ3v) is 6.54. The highest BCUT2D eigenvalue weighted by Crippen LogP contribution is 2.27. The summed E-state index contributed by atoms with van der Waals surface area (Å²) in [5, 5.41) is 8.42. The van der Waals surface area contributed by atoms with Crippen molar-refractivity contribution in [1.29, 1.82) is 0 Å². The fraction of sp³-hybridized carbons (Fsp3) is 0.310. The Morgan fingerprint density at radius 2 is 1.51 bits per heavy atom. The minimum atomic E-state index is 0.395. The summed E-state index contributed by atoms with van der Waals surface area (Å²) >= 11 is 0. The van der Waals surface area contributed by atoms with Crippen LogP contribution in [-0.4, -0.2) is 36.1 Å². The molecule has 0 radical (unpaired) electrons. The van der Waals surface area contributed by atoms with Gasteiger partial charge in [-0.3, -0.25) is 0 Å². The molecular weight excluding hydrogens is 434 g/mol. The molecular formula is C29H33N5O.